The highest BCUT2D eigenvalue weighted by Crippen LogP contribution is 2.33. The Balaban J connectivity index is 1.66. The van der Waals surface area contributed by atoms with Crippen LogP contribution in [0.2, 0.25) is 0 Å². The van der Waals surface area contributed by atoms with E-state index in [9.17, 15) is 19.5 Å². The number of nitrogens with zero attached hydrogens (tertiary/aromatic N) is 2. The Bertz CT molecular complexity index is 1420. The number of rotatable bonds is 8. The highest BCUT2D eigenvalue weighted by Gasteiger charge is 2.22. The van der Waals surface area contributed by atoms with Gasteiger partial charge in [-0.15, -0.1) is 0 Å². The quantitative estimate of drug-likeness (QED) is 0.414. The number of carbonyl (C=O) groups excluding carboxylic acids is 1. The minimum Gasteiger partial charge on any atom is -0.494 e. The first kappa shape index (κ1) is 24.6. The number of aromatic amines is 1. The van der Waals surface area contributed by atoms with Gasteiger partial charge in [-0.25, -0.2) is 4.99 Å². The number of carbonyl (C=O) groups is 2. The van der Waals surface area contributed by atoms with E-state index < -0.39 is 11.5 Å². The molecule has 2 aliphatic rings. The molecule has 10 heteroatoms. The lowest BCUT2D eigenvalue weighted by molar-refractivity contribution is -0.138. The van der Waals surface area contributed by atoms with Gasteiger partial charge in [0.2, 0.25) is 11.8 Å². The number of hydrogen-bond acceptors (Lipinski definition) is 6. The van der Waals surface area contributed by atoms with E-state index in [-0.39, 0.29) is 47.5 Å². The lowest BCUT2D eigenvalue weighted by Crippen LogP contribution is -2.27. The molecule has 1 aromatic carbocycles. The van der Waals surface area contributed by atoms with Crippen molar-refractivity contribution < 1.29 is 19.8 Å². The fraction of sp³-hybridized carbons (Fsp3) is 0.400. The van der Waals surface area contributed by atoms with Crippen molar-refractivity contribution in [3.05, 3.63) is 61.2 Å². The molecule has 0 unspecified atom stereocenters. The largest absolute Gasteiger partial charge is 0.494 e. The van der Waals surface area contributed by atoms with E-state index in [1.165, 1.54) is 0 Å². The van der Waals surface area contributed by atoms with E-state index >= 15 is 0 Å². The second-order valence-corrected chi connectivity index (χ2v) is 9.18. The average molecular weight is 497 g/mol. The number of benzene rings is 1. The Labute approximate surface area is 206 Å². The van der Waals surface area contributed by atoms with Crippen LogP contribution in [-0.4, -0.2) is 38.2 Å². The van der Waals surface area contributed by atoms with Crippen LogP contribution in [0.3, 0.4) is 0 Å². The van der Waals surface area contributed by atoms with Gasteiger partial charge in [0.25, 0.3) is 5.56 Å². The SMILES string of the molecule is O=C(O)CCC(=O)NCCC1=c2ccccc2=NC1=Cc1c(O)n(C2CCCCC2)c(=S)[nH]c1=O. The maximum atomic E-state index is 12.8. The standard InChI is InChI=1S/C25H28N4O5S/c30-21(10-11-22(31)32)26-13-12-17-16-8-4-5-9-19(16)27-20(17)14-18-23(33)28-25(35)29(24(18)34)15-6-2-1-3-7-15/h4-5,8-9,14-15,34H,1-3,6-7,10-13H2,(H,26,30)(H,31,32)(H,28,33,35). The van der Waals surface area contributed by atoms with E-state index in [0.29, 0.717) is 12.1 Å². The molecule has 2 heterocycles. The van der Waals surface area contributed by atoms with Gasteiger partial charge in [0.05, 0.1) is 17.5 Å². The van der Waals surface area contributed by atoms with E-state index in [1.807, 2.05) is 24.3 Å². The molecule has 1 aliphatic heterocycles. The summed E-state index contributed by atoms with van der Waals surface area (Å²) in [6.45, 7) is 0.282. The first-order chi connectivity index (χ1) is 16.8. The highest BCUT2D eigenvalue weighted by atomic mass is 32.1. The summed E-state index contributed by atoms with van der Waals surface area (Å²) in [6, 6.07) is 7.56. The van der Waals surface area contributed by atoms with Gasteiger partial charge in [-0.05, 0) is 49.2 Å². The van der Waals surface area contributed by atoms with Crippen molar-refractivity contribution in [3.8, 4) is 5.88 Å². The van der Waals surface area contributed by atoms with Gasteiger partial charge in [0.15, 0.2) is 4.77 Å². The number of hydrogen-bond donors (Lipinski definition) is 4. The molecule has 1 saturated carbocycles. The van der Waals surface area contributed by atoms with Crippen molar-refractivity contribution in [2.75, 3.05) is 6.54 Å². The van der Waals surface area contributed by atoms with Gasteiger partial charge >= 0.3 is 5.97 Å². The van der Waals surface area contributed by atoms with Crippen LogP contribution in [0.5, 0.6) is 5.88 Å². The number of carboxylic acids is 1. The fourth-order valence-electron chi connectivity index (χ4n) is 4.68. The molecule has 1 amide bonds. The van der Waals surface area contributed by atoms with Crippen LogP contribution < -0.4 is 21.5 Å². The first-order valence-electron chi connectivity index (χ1n) is 11.8. The first-order valence-corrected chi connectivity index (χ1v) is 12.2. The number of aliphatic carboxylic acids is 1. The van der Waals surface area contributed by atoms with Crippen LogP contribution in [-0.2, 0) is 9.59 Å². The summed E-state index contributed by atoms with van der Waals surface area (Å²) in [5, 5.41) is 24.2. The van der Waals surface area contributed by atoms with E-state index in [0.717, 1.165) is 48.3 Å². The Hall–Kier alpha value is -3.53. The lowest BCUT2D eigenvalue weighted by atomic mass is 9.95. The molecule has 0 bridgehead atoms. The number of allylic oxidation sites excluding steroid dienone is 1. The smallest absolute Gasteiger partial charge is 0.303 e. The van der Waals surface area contributed by atoms with Gasteiger partial charge in [-0.3, -0.25) is 23.9 Å². The molecule has 0 atom stereocenters. The summed E-state index contributed by atoms with van der Waals surface area (Å²) in [7, 11) is 0. The van der Waals surface area contributed by atoms with Crippen molar-refractivity contribution >= 4 is 35.7 Å². The third kappa shape index (κ3) is 5.59. The molecule has 1 aliphatic carbocycles. The van der Waals surface area contributed by atoms with Crippen LogP contribution in [0.25, 0.3) is 11.6 Å². The number of carboxylic acid groups (broad SMARTS) is 1. The van der Waals surface area contributed by atoms with Crippen molar-refractivity contribution in [2.45, 2.75) is 57.4 Å². The molecule has 184 valence electrons. The molecule has 0 saturated heterocycles. The molecule has 0 radical (unpaired) electrons. The Morgan fingerprint density at radius 1 is 1.20 bits per heavy atom. The van der Waals surface area contributed by atoms with E-state index in [4.69, 9.17) is 17.3 Å². The van der Waals surface area contributed by atoms with Crippen LogP contribution in [0.4, 0.5) is 0 Å². The van der Waals surface area contributed by atoms with Crippen LogP contribution in [0.1, 0.15) is 63.0 Å². The van der Waals surface area contributed by atoms with E-state index in [1.54, 1.807) is 10.6 Å². The molecule has 35 heavy (non-hydrogen) atoms. The highest BCUT2D eigenvalue weighted by molar-refractivity contribution is 7.71. The van der Waals surface area contributed by atoms with Crippen LogP contribution in [0.15, 0.2) is 39.7 Å². The second-order valence-electron chi connectivity index (χ2n) is 8.79. The summed E-state index contributed by atoms with van der Waals surface area (Å²) in [4.78, 5) is 42.8. The summed E-state index contributed by atoms with van der Waals surface area (Å²) in [5.41, 5.74) is 0.960. The third-order valence-corrected chi connectivity index (χ3v) is 6.71. The van der Waals surface area contributed by atoms with E-state index in [2.05, 4.69) is 15.3 Å². The lowest BCUT2D eigenvalue weighted by Gasteiger charge is -2.25. The Morgan fingerprint density at radius 2 is 1.94 bits per heavy atom. The van der Waals surface area contributed by atoms with Crippen molar-refractivity contribution in [1.82, 2.24) is 14.9 Å². The minimum absolute atomic E-state index is 0.0347. The summed E-state index contributed by atoms with van der Waals surface area (Å²) < 4.78 is 1.86. The maximum Gasteiger partial charge on any atom is 0.303 e. The molecule has 2 aromatic rings. The molecule has 1 fully saturated rings. The normalized spacial score (nSPS) is 16.7. The summed E-state index contributed by atoms with van der Waals surface area (Å²) in [6.07, 6.45) is 6.68. The van der Waals surface area contributed by atoms with Gasteiger partial charge < -0.3 is 15.5 Å². The summed E-state index contributed by atoms with van der Waals surface area (Å²) >= 11 is 5.37. The number of aromatic hydroxyl groups is 1. The molecule has 4 rings (SSSR count). The predicted molar refractivity (Wildman–Crippen MR) is 133 cm³/mol. The van der Waals surface area contributed by atoms with Crippen molar-refractivity contribution in [3.63, 3.8) is 0 Å². The molecule has 4 N–H and O–H groups in total. The topological polar surface area (TPSA) is 137 Å². The molecule has 9 nitrogen and oxygen atoms in total. The summed E-state index contributed by atoms with van der Waals surface area (Å²) in [5.74, 6) is -1.53. The number of nitrogens with one attached hydrogen (secondary N) is 2. The molecular formula is C25H28N4O5S. The monoisotopic (exact) mass is 496 g/mol. The zero-order valence-corrected chi connectivity index (χ0v) is 20.1. The van der Waals surface area contributed by atoms with Gasteiger partial charge in [0.1, 0.15) is 5.56 Å². The number of amides is 1. The zero-order chi connectivity index (χ0) is 24.9. The average Bonchev–Trinajstić information content (AvgIpc) is 3.18. The molecule has 0 spiro atoms. The third-order valence-electron chi connectivity index (χ3n) is 6.42. The van der Waals surface area contributed by atoms with Crippen molar-refractivity contribution in [1.29, 1.82) is 0 Å². The fourth-order valence-corrected chi connectivity index (χ4v) is 5.00. The molecular weight excluding hydrogens is 468 g/mol. The number of fused-ring (bicyclic) bond motifs is 1. The number of H-pyrrole nitrogens is 1. The van der Waals surface area contributed by atoms with Crippen LogP contribution >= 0.6 is 12.2 Å². The second kappa shape index (κ2) is 10.8. The predicted octanol–water partition coefficient (Wildman–Crippen LogP) is 2.31. The number of para-hydroxylation sites is 1. The van der Waals surface area contributed by atoms with Gasteiger partial charge in [-0.2, -0.15) is 0 Å². The maximum absolute atomic E-state index is 12.8. The zero-order valence-electron chi connectivity index (χ0n) is 19.2. The van der Waals surface area contributed by atoms with Gasteiger partial charge in [0, 0.05) is 24.2 Å². The van der Waals surface area contributed by atoms with Crippen LogP contribution in [0, 0.1) is 4.77 Å². The number of aromatic nitrogens is 2. The van der Waals surface area contributed by atoms with Crippen molar-refractivity contribution in [2.24, 2.45) is 4.99 Å². The Morgan fingerprint density at radius 3 is 2.69 bits per heavy atom. The van der Waals surface area contributed by atoms with Gasteiger partial charge in [-0.1, -0.05) is 37.5 Å². The minimum atomic E-state index is -1.02. The Kier molecular flexibility index (Phi) is 7.60. The molecule has 1 aromatic heterocycles.